The number of aromatic nitrogens is 3. The Kier molecular flexibility index (Phi) is 3.42. The number of carbonyl (C=O) groups is 1. The van der Waals surface area contributed by atoms with Gasteiger partial charge in [0.15, 0.2) is 4.96 Å². The molecule has 3 aromatic rings. The average Bonchev–Trinajstić information content (AvgIpc) is 3.08. The van der Waals surface area contributed by atoms with Crippen molar-refractivity contribution in [1.29, 1.82) is 0 Å². The molecule has 0 fully saturated rings. The number of esters is 1. The van der Waals surface area contributed by atoms with E-state index in [1.807, 2.05) is 40.6 Å². The number of fused-ring (bicyclic) bond motifs is 1. The van der Waals surface area contributed by atoms with Crippen molar-refractivity contribution in [3.8, 4) is 0 Å². The Morgan fingerprint density at radius 2 is 2.29 bits per heavy atom. The molecule has 0 amide bonds. The van der Waals surface area contributed by atoms with Crippen LogP contribution < -0.4 is 5.73 Å². The molecule has 110 valence electrons. The molecule has 0 aromatic carbocycles. The number of rotatable bonds is 4. The largest absolute Gasteiger partial charge is 0.454 e. The molecule has 0 saturated carbocycles. The van der Waals surface area contributed by atoms with Gasteiger partial charge in [-0.25, -0.2) is 9.78 Å². The summed E-state index contributed by atoms with van der Waals surface area (Å²) in [6.07, 6.45) is 5.52. The van der Waals surface area contributed by atoms with Gasteiger partial charge < -0.3 is 15.0 Å². The maximum atomic E-state index is 12.2. The fraction of sp³-hybridized carbons (Fsp3) is 0.286. The minimum absolute atomic E-state index is 0.141. The SMILES string of the molecule is CC(C)n1cc(N)cc1C(=O)OCc1cn2ccsc2n1. The van der Waals surface area contributed by atoms with Gasteiger partial charge in [0.05, 0.1) is 11.4 Å². The lowest BCUT2D eigenvalue weighted by molar-refractivity contribution is 0.0454. The van der Waals surface area contributed by atoms with Gasteiger partial charge in [-0.1, -0.05) is 0 Å². The van der Waals surface area contributed by atoms with E-state index in [0.717, 1.165) is 10.7 Å². The smallest absolute Gasteiger partial charge is 0.355 e. The first-order valence-electron chi connectivity index (χ1n) is 6.60. The molecule has 2 N–H and O–H groups in total. The van der Waals surface area contributed by atoms with Crippen molar-refractivity contribution in [2.45, 2.75) is 26.5 Å². The number of carbonyl (C=O) groups excluding carboxylic acids is 1. The van der Waals surface area contributed by atoms with Crippen molar-refractivity contribution in [3.63, 3.8) is 0 Å². The first-order valence-corrected chi connectivity index (χ1v) is 7.48. The second-order valence-electron chi connectivity index (χ2n) is 5.06. The number of ether oxygens (including phenoxy) is 1. The molecule has 0 unspecified atom stereocenters. The lowest BCUT2D eigenvalue weighted by atomic mass is 10.3. The van der Waals surface area contributed by atoms with Gasteiger partial charge in [0.1, 0.15) is 12.3 Å². The maximum Gasteiger partial charge on any atom is 0.355 e. The van der Waals surface area contributed by atoms with Crippen LogP contribution in [0.1, 0.15) is 36.1 Å². The van der Waals surface area contributed by atoms with Crippen LogP contribution in [0.25, 0.3) is 4.96 Å². The molecule has 0 atom stereocenters. The predicted molar refractivity (Wildman–Crippen MR) is 81.4 cm³/mol. The van der Waals surface area contributed by atoms with Crippen molar-refractivity contribution in [2.75, 3.05) is 5.73 Å². The molecule has 0 bridgehead atoms. The van der Waals surface area contributed by atoms with Crippen LogP contribution in [0.4, 0.5) is 5.69 Å². The first-order chi connectivity index (χ1) is 10.0. The highest BCUT2D eigenvalue weighted by molar-refractivity contribution is 7.15. The van der Waals surface area contributed by atoms with Crippen LogP contribution in [0, 0.1) is 0 Å². The summed E-state index contributed by atoms with van der Waals surface area (Å²) in [5, 5.41) is 1.95. The molecule has 0 aliphatic rings. The van der Waals surface area contributed by atoms with Crippen molar-refractivity contribution >= 4 is 28.0 Å². The van der Waals surface area contributed by atoms with E-state index >= 15 is 0 Å². The minimum Gasteiger partial charge on any atom is -0.454 e. The van der Waals surface area contributed by atoms with Crippen LogP contribution in [0.3, 0.4) is 0 Å². The quantitative estimate of drug-likeness (QED) is 0.752. The molecule has 3 rings (SSSR count). The zero-order chi connectivity index (χ0) is 15.0. The molecule has 0 aliphatic heterocycles. The number of imidazole rings is 1. The van der Waals surface area contributed by atoms with Gasteiger partial charge in [-0.15, -0.1) is 11.3 Å². The van der Waals surface area contributed by atoms with Crippen LogP contribution in [0.5, 0.6) is 0 Å². The molecule has 0 radical (unpaired) electrons. The van der Waals surface area contributed by atoms with Crippen LogP contribution in [0.15, 0.2) is 30.0 Å². The number of hydrogen-bond donors (Lipinski definition) is 1. The average molecular weight is 304 g/mol. The van der Waals surface area contributed by atoms with Crippen LogP contribution in [0.2, 0.25) is 0 Å². The topological polar surface area (TPSA) is 74.5 Å². The van der Waals surface area contributed by atoms with E-state index in [1.165, 1.54) is 11.3 Å². The van der Waals surface area contributed by atoms with Crippen LogP contribution in [-0.2, 0) is 11.3 Å². The Balaban J connectivity index is 1.73. The van der Waals surface area contributed by atoms with Gasteiger partial charge in [0, 0.05) is 30.0 Å². The number of nitrogens with zero attached hydrogens (tertiary/aromatic N) is 3. The van der Waals surface area contributed by atoms with E-state index in [0.29, 0.717) is 11.4 Å². The highest BCUT2D eigenvalue weighted by Gasteiger charge is 2.16. The molecule has 0 aliphatic carbocycles. The fourth-order valence-corrected chi connectivity index (χ4v) is 2.87. The van der Waals surface area contributed by atoms with Gasteiger partial charge in [0.25, 0.3) is 0 Å². The molecule has 0 saturated heterocycles. The van der Waals surface area contributed by atoms with Crippen molar-refractivity contribution in [2.24, 2.45) is 0 Å². The third kappa shape index (κ3) is 2.64. The van der Waals surface area contributed by atoms with Crippen LogP contribution in [-0.4, -0.2) is 19.9 Å². The first kappa shape index (κ1) is 13.7. The fourth-order valence-electron chi connectivity index (χ4n) is 2.15. The molecule has 6 nitrogen and oxygen atoms in total. The zero-order valence-corrected chi connectivity index (χ0v) is 12.6. The Morgan fingerprint density at radius 1 is 1.48 bits per heavy atom. The Bertz CT molecular complexity index is 755. The molecule has 3 aromatic heterocycles. The van der Waals surface area contributed by atoms with Crippen LogP contribution >= 0.6 is 11.3 Å². The number of nitrogen functional groups attached to an aromatic ring is 1. The van der Waals surface area contributed by atoms with E-state index in [9.17, 15) is 4.79 Å². The molecule has 0 spiro atoms. The summed E-state index contributed by atoms with van der Waals surface area (Å²) in [7, 11) is 0. The van der Waals surface area contributed by atoms with E-state index < -0.39 is 5.97 Å². The third-order valence-electron chi connectivity index (χ3n) is 3.13. The standard InChI is InChI=1S/C14H16N4O2S/c1-9(2)18-6-10(15)5-12(18)13(19)20-8-11-7-17-3-4-21-14(17)16-11/h3-7,9H,8,15H2,1-2H3. The van der Waals surface area contributed by atoms with E-state index in [-0.39, 0.29) is 12.6 Å². The third-order valence-corrected chi connectivity index (χ3v) is 3.90. The van der Waals surface area contributed by atoms with E-state index in [2.05, 4.69) is 4.98 Å². The second-order valence-corrected chi connectivity index (χ2v) is 5.93. The number of anilines is 1. The second kappa shape index (κ2) is 5.25. The zero-order valence-electron chi connectivity index (χ0n) is 11.8. The number of hydrogen-bond acceptors (Lipinski definition) is 5. The summed E-state index contributed by atoms with van der Waals surface area (Å²) in [5.74, 6) is -0.392. The van der Waals surface area contributed by atoms with Gasteiger partial charge in [0.2, 0.25) is 0 Å². The van der Waals surface area contributed by atoms with Gasteiger partial charge in [-0.3, -0.25) is 4.40 Å². The van der Waals surface area contributed by atoms with E-state index in [1.54, 1.807) is 12.3 Å². The molecule has 7 heteroatoms. The van der Waals surface area contributed by atoms with Gasteiger partial charge >= 0.3 is 5.97 Å². The summed E-state index contributed by atoms with van der Waals surface area (Å²) < 4.78 is 9.05. The molecular formula is C14H16N4O2S. The van der Waals surface area contributed by atoms with Gasteiger partial charge in [-0.05, 0) is 19.9 Å². The molecule has 3 heterocycles. The summed E-state index contributed by atoms with van der Waals surface area (Å²) >= 11 is 1.54. The van der Waals surface area contributed by atoms with Crippen molar-refractivity contribution < 1.29 is 9.53 Å². The predicted octanol–water partition coefficient (Wildman–Crippen LogP) is 2.72. The summed E-state index contributed by atoms with van der Waals surface area (Å²) in [6.45, 7) is 4.12. The minimum atomic E-state index is -0.392. The van der Waals surface area contributed by atoms with Crippen molar-refractivity contribution in [3.05, 3.63) is 41.4 Å². The number of nitrogens with two attached hydrogens (primary N) is 1. The Morgan fingerprint density at radius 3 is 3.00 bits per heavy atom. The monoisotopic (exact) mass is 304 g/mol. The lowest BCUT2D eigenvalue weighted by Crippen LogP contribution is -2.13. The maximum absolute atomic E-state index is 12.2. The summed E-state index contributed by atoms with van der Waals surface area (Å²) in [4.78, 5) is 17.4. The molecular weight excluding hydrogens is 288 g/mol. The highest BCUT2D eigenvalue weighted by atomic mass is 32.1. The normalized spacial score (nSPS) is 11.4. The lowest BCUT2D eigenvalue weighted by Gasteiger charge is -2.11. The highest BCUT2D eigenvalue weighted by Crippen LogP contribution is 2.18. The Labute approximate surface area is 125 Å². The van der Waals surface area contributed by atoms with E-state index in [4.69, 9.17) is 10.5 Å². The Hall–Kier alpha value is -2.28. The summed E-state index contributed by atoms with van der Waals surface area (Å²) in [5.41, 5.74) is 7.50. The summed E-state index contributed by atoms with van der Waals surface area (Å²) in [6, 6.07) is 1.77. The molecule has 21 heavy (non-hydrogen) atoms. The van der Waals surface area contributed by atoms with Crippen molar-refractivity contribution in [1.82, 2.24) is 14.0 Å². The van der Waals surface area contributed by atoms with Gasteiger partial charge in [-0.2, -0.15) is 0 Å². The number of thiazole rings is 1.